The molecule has 122 valence electrons. The molecule has 9 nitrogen and oxygen atoms in total. The van der Waals surface area contributed by atoms with Crippen LogP contribution in [0.3, 0.4) is 0 Å². The summed E-state index contributed by atoms with van der Waals surface area (Å²) in [6.07, 6.45) is 1.58. The van der Waals surface area contributed by atoms with Crippen LogP contribution in [0.2, 0.25) is 0 Å². The Hall–Kier alpha value is -3.14. The minimum atomic E-state index is -0.683. The number of nitrogens with zero attached hydrogens (tertiary/aromatic N) is 4. The van der Waals surface area contributed by atoms with Gasteiger partial charge in [0.1, 0.15) is 11.2 Å². The number of H-pyrrole nitrogens is 1. The number of aromatic amines is 1. The van der Waals surface area contributed by atoms with Gasteiger partial charge < -0.3 is 0 Å². The van der Waals surface area contributed by atoms with Gasteiger partial charge in [-0.05, 0) is 12.5 Å². The molecule has 2 aromatic heterocycles. The van der Waals surface area contributed by atoms with Crippen LogP contribution in [-0.2, 0) is 6.42 Å². The Morgan fingerprint density at radius 3 is 2.79 bits per heavy atom. The first-order valence-corrected chi connectivity index (χ1v) is 7.71. The molecule has 0 fully saturated rings. The SMILES string of the molecule is Cc1ccc(Cc2nnc(NC(=O)c3[nH]ncc3[N+](=O)[O-])s2)cc1. The predicted molar refractivity (Wildman–Crippen MR) is 87.1 cm³/mol. The minimum absolute atomic E-state index is 0.227. The summed E-state index contributed by atoms with van der Waals surface area (Å²) in [5.41, 5.74) is 1.64. The van der Waals surface area contributed by atoms with Crippen LogP contribution in [0.5, 0.6) is 0 Å². The molecule has 2 N–H and O–H groups in total. The lowest BCUT2D eigenvalue weighted by Crippen LogP contribution is -2.14. The molecular formula is C14H12N6O3S. The van der Waals surface area contributed by atoms with Gasteiger partial charge in [0.25, 0.3) is 5.91 Å². The first-order valence-electron chi connectivity index (χ1n) is 6.90. The molecule has 0 aliphatic carbocycles. The second kappa shape index (κ2) is 6.54. The second-order valence-electron chi connectivity index (χ2n) is 5.00. The van der Waals surface area contributed by atoms with Gasteiger partial charge >= 0.3 is 5.69 Å². The lowest BCUT2D eigenvalue weighted by atomic mass is 10.1. The van der Waals surface area contributed by atoms with Crippen molar-refractivity contribution in [2.45, 2.75) is 13.3 Å². The van der Waals surface area contributed by atoms with E-state index in [9.17, 15) is 14.9 Å². The maximum atomic E-state index is 12.1. The van der Waals surface area contributed by atoms with Gasteiger partial charge in [-0.3, -0.25) is 25.3 Å². The number of carbonyl (C=O) groups excluding carboxylic acids is 1. The van der Waals surface area contributed by atoms with E-state index in [0.29, 0.717) is 6.42 Å². The van der Waals surface area contributed by atoms with E-state index in [1.54, 1.807) is 0 Å². The minimum Gasteiger partial charge on any atom is -0.295 e. The summed E-state index contributed by atoms with van der Waals surface area (Å²) in [7, 11) is 0. The van der Waals surface area contributed by atoms with Gasteiger partial charge in [0.05, 0.1) is 4.92 Å². The average Bonchev–Trinajstić information content (AvgIpc) is 3.19. The third-order valence-corrected chi connectivity index (χ3v) is 4.05. The smallest absolute Gasteiger partial charge is 0.295 e. The highest BCUT2D eigenvalue weighted by Crippen LogP contribution is 2.21. The van der Waals surface area contributed by atoms with Crippen molar-refractivity contribution < 1.29 is 9.72 Å². The summed E-state index contributed by atoms with van der Waals surface area (Å²) in [5.74, 6) is -0.683. The average molecular weight is 344 g/mol. The highest BCUT2D eigenvalue weighted by atomic mass is 32.1. The van der Waals surface area contributed by atoms with Gasteiger partial charge in [0, 0.05) is 6.42 Å². The van der Waals surface area contributed by atoms with Crippen molar-refractivity contribution in [1.82, 2.24) is 20.4 Å². The molecule has 0 unspecified atom stereocenters. The Kier molecular flexibility index (Phi) is 4.29. The molecule has 1 aromatic carbocycles. The number of aryl methyl sites for hydroxylation is 1. The van der Waals surface area contributed by atoms with Crippen LogP contribution in [0.25, 0.3) is 0 Å². The molecule has 24 heavy (non-hydrogen) atoms. The Bertz CT molecular complexity index is 886. The van der Waals surface area contributed by atoms with Crippen molar-refractivity contribution in [2.75, 3.05) is 5.32 Å². The van der Waals surface area contributed by atoms with Gasteiger partial charge in [0.2, 0.25) is 10.8 Å². The summed E-state index contributed by atoms with van der Waals surface area (Å²) in [4.78, 5) is 22.2. The summed E-state index contributed by atoms with van der Waals surface area (Å²) in [6.45, 7) is 2.01. The number of hydrogen-bond acceptors (Lipinski definition) is 7. The molecule has 0 saturated carbocycles. The standard InChI is InChI=1S/C14H12N6O3S/c1-8-2-4-9(5-3-8)6-11-17-19-14(24-11)16-13(21)12-10(20(22)23)7-15-18-12/h2-5,7H,6H2,1H3,(H,15,18)(H,16,19,21). The fourth-order valence-electron chi connectivity index (χ4n) is 2.00. The van der Waals surface area contributed by atoms with E-state index >= 15 is 0 Å². The number of anilines is 1. The Balaban J connectivity index is 1.69. The highest BCUT2D eigenvalue weighted by molar-refractivity contribution is 7.15. The van der Waals surface area contributed by atoms with Crippen molar-refractivity contribution in [1.29, 1.82) is 0 Å². The molecule has 0 radical (unpaired) electrons. The zero-order valence-corrected chi connectivity index (χ0v) is 13.3. The Morgan fingerprint density at radius 1 is 1.33 bits per heavy atom. The Labute approximate surface area is 139 Å². The predicted octanol–water partition coefficient (Wildman–Crippen LogP) is 2.32. The summed E-state index contributed by atoms with van der Waals surface area (Å²) in [5, 5.41) is 28.0. The van der Waals surface area contributed by atoms with Crippen LogP contribution < -0.4 is 5.32 Å². The van der Waals surface area contributed by atoms with Crippen LogP contribution in [0.15, 0.2) is 30.5 Å². The number of benzene rings is 1. The fourth-order valence-corrected chi connectivity index (χ4v) is 2.77. The first-order chi connectivity index (χ1) is 11.5. The van der Waals surface area contributed by atoms with E-state index in [0.717, 1.165) is 16.8 Å². The maximum Gasteiger partial charge on any atom is 0.319 e. The maximum absolute atomic E-state index is 12.1. The van der Waals surface area contributed by atoms with E-state index < -0.39 is 16.5 Å². The number of amides is 1. The van der Waals surface area contributed by atoms with Crippen molar-refractivity contribution >= 4 is 28.1 Å². The summed E-state index contributed by atoms with van der Waals surface area (Å²) in [6, 6.07) is 8.03. The number of aromatic nitrogens is 4. The summed E-state index contributed by atoms with van der Waals surface area (Å²) < 4.78 is 0. The van der Waals surface area contributed by atoms with Crippen molar-refractivity contribution in [3.05, 3.63) is 62.4 Å². The topological polar surface area (TPSA) is 127 Å². The number of nitrogens with one attached hydrogen (secondary N) is 2. The lowest BCUT2D eigenvalue weighted by Gasteiger charge is -1.98. The third-order valence-electron chi connectivity index (χ3n) is 3.21. The Morgan fingerprint density at radius 2 is 2.08 bits per heavy atom. The van der Waals surface area contributed by atoms with Crippen molar-refractivity contribution in [3.8, 4) is 0 Å². The van der Waals surface area contributed by atoms with Crippen molar-refractivity contribution in [2.24, 2.45) is 0 Å². The van der Waals surface area contributed by atoms with E-state index in [4.69, 9.17) is 0 Å². The zero-order valence-electron chi connectivity index (χ0n) is 12.5. The number of hydrogen-bond donors (Lipinski definition) is 2. The molecule has 0 aliphatic heterocycles. The van der Waals surface area contributed by atoms with E-state index in [1.807, 2.05) is 31.2 Å². The van der Waals surface area contributed by atoms with Gasteiger partial charge in [0.15, 0.2) is 0 Å². The second-order valence-corrected chi connectivity index (χ2v) is 6.07. The zero-order chi connectivity index (χ0) is 17.1. The molecule has 0 bridgehead atoms. The van der Waals surface area contributed by atoms with Gasteiger partial charge in [-0.2, -0.15) is 5.10 Å². The van der Waals surface area contributed by atoms with Gasteiger partial charge in [-0.25, -0.2) is 0 Å². The molecule has 10 heteroatoms. The fraction of sp³-hybridized carbons (Fsp3) is 0.143. The monoisotopic (exact) mass is 344 g/mol. The van der Waals surface area contributed by atoms with Crippen LogP contribution in [-0.4, -0.2) is 31.2 Å². The van der Waals surface area contributed by atoms with Gasteiger partial charge in [-0.15, -0.1) is 10.2 Å². The molecule has 3 aromatic rings. The van der Waals surface area contributed by atoms with Crippen LogP contribution in [0.4, 0.5) is 10.8 Å². The highest BCUT2D eigenvalue weighted by Gasteiger charge is 2.23. The number of nitro groups is 1. The largest absolute Gasteiger partial charge is 0.319 e. The molecular weight excluding hydrogens is 332 g/mol. The van der Waals surface area contributed by atoms with Gasteiger partial charge in [-0.1, -0.05) is 41.2 Å². The molecule has 2 heterocycles. The van der Waals surface area contributed by atoms with Crippen LogP contribution in [0.1, 0.15) is 26.6 Å². The molecule has 3 rings (SSSR count). The molecule has 0 saturated heterocycles. The third kappa shape index (κ3) is 3.43. The summed E-state index contributed by atoms with van der Waals surface area (Å²) >= 11 is 1.21. The lowest BCUT2D eigenvalue weighted by molar-refractivity contribution is -0.385. The normalized spacial score (nSPS) is 10.5. The van der Waals surface area contributed by atoms with Crippen LogP contribution in [0, 0.1) is 17.0 Å². The van der Waals surface area contributed by atoms with E-state index in [-0.39, 0.29) is 10.8 Å². The number of rotatable bonds is 5. The quantitative estimate of drug-likeness (QED) is 0.540. The van der Waals surface area contributed by atoms with E-state index in [2.05, 4.69) is 25.7 Å². The molecule has 0 spiro atoms. The molecule has 1 amide bonds. The first kappa shape index (κ1) is 15.7. The van der Waals surface area contributed by atoms with Crippen LogP contribution >= 0.6 is 11.3 Å². The number of carbonyl (C=O) groups is 1. The molecule has 0 aliphatic rings. The van der Waals surface area contributed by atoms with Crippen molar-refractivity contribution in [3.63, 3.8) is 0 Å². The molecule has 0 atom stereocenters. The van der Waals surface area contributed by atoms with E-state index in [1.165, 1.54) is 16.9 Å².